The largest absolute Gasteiger partial charge is 0.367 e. The number of benzene rings is 1. The van der Waals surface area contributed by atoms with Crippen LogP contribution in [0.5, 0.6) is 0 Å². The summed E-state index contributed by atoms with van der Waals surface area (Å²) < 4.78 is 0. The molecule has 2 aromatic rings. The summed E-state index contributed by atoms with van der Waals surface area (Å²) in [5.74, 6) is 0.868. The number of fused-ring (bicyclic) bond motifs is 1. The molecule has 1 N–H and O–H groups in total. The van der Waals surface area contributed by atoms with Crippen molar-refractivity contribution in [3.63, 3.8) is 0 Å². The molecule has 0 amide bonds. The highest BCUT2D eigenvalue weighted by Crippen LogP contribution is 2.11. The van der Waals surface area contributed by atoms with Crippen molar-refractivity contribution in [1.82, 2.24) is 14.9 Å². The summed E-state index contributed by atoms with van der Waals surface area (Å²) >= 11 is 0. The molecule has 0 atom stereocenters. The average Bonchev–Trinajstić information content (AvgIpc) is 2.92. The van der Waals surface area contributed by atoms with Crippen LogP contribution in [-0.4, -0.2) is 41.0 Å². The van der Waals surface area contributed by atoms with Crippen molar-refractivity contribution >= 4 is 16.9 Å². The zero-order valence-electron chi connectivity index (χ0n) is 10.5. The van der Waals surface area contributed by atoms with E-state index in [0.29, 0.717) is 0 Å². The van der Waals surface area contributed by atoms with E-state index in [1.807, 2.05) is 30.5 Å². The first kappa shape index (κ1) is 11.4. The molecule has 1 fully saturated rings. The van der Waals surface area contributed by atoms with Gasteiger partial charge < -0.3 is 10.2 Å². The van der Waals surface area contributed by atoms with Crippen LogP contribution in [0.15, 0.2) is 30.5 Å². The zero-order chi connectivity index (χ0) is 12.2. The van der Waals surface area contributed by atoms with Crippen LogP contribution in [0.3, 0.4) is 0 Å². The molecule has 4 heteroatoms. The van der Waals surface area contributed by atoms with E-state index in [1.54, 1.807) is 0 Å². The molecule has 1 aromatic carbocycles. The van der Waals surface area contributed by atoms with Crippen molar-refractivity contribution in [2.75, 3.05) is 31.5 Å². The standard InChI is InChI=1S/C14H18N4/c1-2-6-13-12(5-1)16-11-14(17-13)15-7-10-18-8-3-4-9-18/h1-2,5-6,11H,3-4,7-10H2,(H,15,17). The van der Waals surface area contributed by atoms with E-state index >= 15 is 0 Å². The van der Waals surface area contributed by atoms with Gasteiger partial charge in [-0.25, -0.2) is 4.98 Å². The van der Waals surface area contributed by atoms with Crippen molar-refractivity contribution in [2.45, 2.75) is 12.8 Å². The predicted octanol–water partition coefficient (Wildman–Crippen LogP) is 2.14. The molecule has 0 unspecified atom stereocenters. The van der Waals surface area contributed by atoms with Crippen molar-refractivity contribution in [3.8, 4) is 0 Å². The Bertz CT molecular complexity index is 520. The lowest BCUT2D eigenvalue weighted by molar-refractivity contribution is 0.352. The highest BCUT2D eigenvalue weighted by molar-refractivity contribution is 5.75. The Kier molecular flexibility index (Phi) is 3.37. The minimum Gasteiger partial charge on any atom is -0.367 e. The summed E-state index contributed by atoms with van der Waals surface area (Å²) in [7, 11) is 0. The van der Waals surface area contributed by atoms with Crippen LogP contribution in [-0.2, 0) is 0 Å². The molecular formula is C14H18N4. The van der Waals surface area contributed by atoms with Gasteiger partial charge >= 0.3 is 0 Å². The molecule has 0 spiro atoms. The fraction of sp³-hybridized carbons (Fsp3) is 0.429. The van der Waals surface area contributed by atoms with Gasteiger partial charge in [-0.3, -0.25) is 4.98 Å². The Balaban J connectivity index is 1.60. The van der Waals surface area contributed by atoms with Crippen LogP contribution in [0.1, 0.15) is 12.8 Å². The number of hydrogen-bond acceptors (Lipinski definition) is 4. The normalized spacial score (nSPS) is 16.2. The van der Waals surface area contributed by atoms with E-state index < -0.39 is 0 Å². The number of nitrogens with zero attached hydrogens (tertiary/aromatic N) is 3. The molecule has 1 aliphatic heterocycles. The number of hydrogen-bond donors (Lipinski definition) is 1. The molecule has 3 rings (SSSR count). The van der Waals surface area contributed by atoms with Gasteiger partial charge in [-0.15, -0.1) is 0 Å². The predicted molar refractivity (Wildman–Crippen MR) is 73.7 cm³/mol. The van der Waals surface area contributed by atoms with Crippen molar-refractivity contribution in [1.29, 1.82) is 0 Å². The minimum absolute atomic E-state index is 0.868. The number of likely N-dealkylation sites (tertiary alicyclic amines) is 1. The Labute approximate surface area is 107 Å². The second kappa shape index (κ2) is 5.31. The molecular weight excluding hydrogens is 224 g/mol. The molecule has 1 aromatic heterocycles. The van der Waals surface area contributed by atoms with Crippen LogP contribution < -0.4 is 5.32 Å². The van der Waals surface area contributed by atoms with Crippen molar-refractivity contribution in [2.24, 2.45) is 0 Å². The van der Waals surface area contributed by atoms with Crippen molar-refractivity contribution in [3.05, 3.63) is 30.5 Å². The smallest absolute Gasteiger partial charge is 0.145 e. The first-order valence-corrected chi connectivity index (χ1v) is 6.60. The Morgan fingerprint density at radius 2 is 1.89 bits per heavy atom. The van der Waals surface area contributed by atoms with Crippen molar-refractivity contribution < 1.29 is 0 Å². The van der Waals surface area contributed by atoms with Gasteiger partial charge in [-0.2, -0.15) is 0 Å². The summed E-state index contributed by atoms with van der Waals surface area (Å²) in [4.78, 5) is 11.4. The fourth-order valence-corrected chi connectivity index (χ4v) is 2.39. The summed E-state index contributed by atoms with van der Waals surface area (Å²) in [6.07, 6.45) is 4.50. The molecule has 2 heterocycles. The molecule has 94 valence electrons. The zero-order valence-corrected chi connectivity index (χ0v) is 10.5. The van der Waals surface area contributed by atoms with E-state index in [4.69, 9.17) is 0 Å². The lowest BCUT2D eigenvalue weighted by atomic mass is 10.3. The van der Waals surface area contributed by atoms with Crippen LogP contribution in [0.2, 0.25) is 0 Å². The highest BCUT2D eigenvalue weighted by Gasteiger charge is 2.10. The SMILES string of the molecule is c1ccc2nc(NCCN3CCCC3)cnc2c1. The molecule has 4 nitrogen and oxygen atoms in total. The third-order valence-electron chi connectivity index (χ3n) is 3.38. The van der Waals surface area contributed by atoms with E-state index in [0.717, 1.165) is 29.9 Å². The molecule has 0 aliphatic carbocycles. The maximum absolute atomic E-state index is 4.55. The van der Waals surface area contributed by atoms with Gasteiger partial charge in [0.05, 0.1) is 17.2 Å². The highest BCUT2D eigenvalue weighted by atomic mass is 15.2. The van der Waals surface area contributed by atoms with Crippen LogP contribution in [0, 0.1) is 0 Å². The molecule has 1 saturated heterocycles. The monoisotopic (exact) mass is 242 g/mol. The Morgan fingerprint density at radius 1 is 1.11 bits per heavy atom. The maximum atomic E-state index is 4.55. The number of rotatable bonds is 4. The average molecular weight is 242 g/mol. The Morgan fingerprint density at radius 3 is 2.72 bits per heavy atom. The van der Waals surface area contributed by atoms with Gasteiger partial charge in [0, 0.05) is 13.1 Å². The van der Waals surface area contributed by atoms with E-state index in [9.17, 15) is 0 Å². The molecule has 0 saturated carbocycles. The molecule has 0 radical (unpaired) electrons. The number of para-hydroxylation sites is 2. The number of aromatic nitrogens is 2. The summed E-state index contributed by atoms with van der Waals surface area (Å²) in [6, 6.07) is 7.95. The first-order chi connectivity index (χ1) is 8.92. The van der Waals surface area contributed by atoms with Gasteiger partial charge in [-0.1, -0.05) is 12.1 Å². The second-order valence-corrected chi connectivity index (χ2v) is 4.72. The number of nitrogens with one attached hydrogen (secondary N) is 1. The summed E-state index contributed by atoms with van der Waals surface area (Å²) in [5, 5.41) is 3.35. The summed E-state index contributed by atoms with van der Waals surface area (Å²) in [5.41, 5.74) is 1.89. The van der Waals surface area contributed by atoms with Crippen LogP contribution in [0.4, 0.5) is 5.82 Å². The third-order valence-corrected chi connectivity index (χ3v) is 3.38. The van der Waals surface area contributed by atoms with Gasteiger partial charge in [0.25, 0.3) is 0 Å². The minimum atomic E-state index is 0.868. The first-order valence-electron chi connectivity index (χ1n) is 6.60. The molecule has 0 bridgehead atoms. The molecule has 1 aliphatic rings. The van der Waals surface area contributed by atoms with Gasteiger partial charge in [0.1, 0.15) is 5.82 Å². The van der Waals surface area contributed by atoms with Gasteiger partial charge in [0.15, 0.2) is 0 Å². The van der Waals surface area contributed by atoms with E-state index in [2.05, 4.69) is 20.2 Å². The maximum Gasteiger partial charge on any atom is 0.145 e. The molecule has 18 heavy (non-hydrogen) atoms. The Hall–Kier alpha value is -1.68. The van der Waals surface area contributed by atoms with Gasteiger partial charge in [0.2, 0.25) is 0 Å². The fourth-order valence-electron chi connectivity index (χ4n) is 2.39. The summed E-state index contributed by atoms with van der Waals surface area (Å²) in [6.45, 7) is 4.51. The number of anilines is 1. The van der Waals surface area contributed by atoms with E-state index in [-0.39, 0.29) is 0 Å². The van der Waals surface area contributed by atoms with Crippen LogP contribution in [0.25, 0.3) is 11.0 Å². The van der Waals surface area contributed by atoms with E-state index in [1.165, 1.54) is 25.9 Å². The van der Waals surface area contributed by atoms with Crippen LogP contribution >= 0.6 is 0 Å². The lowest BCUT2D eigenvalue weighted by Crippen LogP contribution is -2.26. The quantitative estimate of drug-likeness (QED) is 0.891. The second-order valence-electron chi connectivity index (χ2n) is 4.72. The topological polar surface area (TPSA) is 41.1 Å². The third kappa shape index (κ3) is 2.59. The lowest BCUT2D eigenvalue weighted by Gasteiger charge is -2.14. The van der Waals surface area contributed by atoms with Gasteiger partial charge in [-0.05, 0) is 38.1 Å².